The second-order valence-corrected chi connectivity index (χ2v) is 5.27. The second kappa shape index (κ2) is 5.90. The van der Waals surface area contributed by atoms with Crippen LogP contribution in [-0.2, 0) is 0 Å². The molecule has 0 aromatic heterocycles. The van der Waals surface area contributed by atoms with E-state index in [2.05, 4.69) is 5.16 Å². The number of oxime groups is 1. The first-order valence-corrected chi connectivity index (χ1v) is 6.69. The van der Waals surface area contributed by atoms with Gasteiger partial charge in [-0.2, -0.15) is 0 Å². The van der Waals surface area contributed by atoms with Gasteiger partial charge in [0.15, 0.2) is 0 Å². The van der Waals surface area contributed by atoms with Crippen LogP contribution in [0.2, 0.25) is 0 Å². The maximum Gasteiger partial charge on any atom is 0.282 e. The van der Waals surface area contributed by atoms with Crippen LogP contribution in [0.4, 0.5) is 5.69 Å². The van der Waals surface area contributed by atoms with Crippen LogP contribution in [0.15, 0.2) is 23.4 Å². The van der Waals surface area contributed by atoms with Gasteiger partial charge in [-0.05, 0) is 18.6 Å². The SMILES string of the molecule is Cc1ccc([N+](=O)[O-])c(C(=O)N2CC/C(=N\O)C(C)C2)c1. The number of benzene rings is 1. The van der Waals surface area contributed by atoms with Gasteiger partial charge in [0.25, 0.3) is 11.6 Å². The molecule has 0 radical (unpaired) electrons. The van der Waals surface area contributed by atoms with Crippen molar-refractivity contribution in [3.05, 3.63) is 39.4 Å². The summed E-state index contributed by atoms with van der Waals surface area (Å²) >= 11 is 0. The van der Waals surface area contributed by atoms with Gasteiger partial charge in [0.05, 0.1) is 10.6 Å². The molecule has 1 N–H and O–H groups in total. The van der Waals surface area contributed by atoms with E-state index in [1.165, 1.54) is 6.07 Å². The first-order chi connectivity index (χ1) is 9.93. The molecule has 0 saturated carbocycles. The third kappa shape index (κ3) is 3.01. The number of amides is 1. The highest BCUT2D eigenvalue weighted by Crippen LogP contribution is 2.24. The van der Waals surface area contributed by atoms with E-state index < -0.39 is 4.92 Å². The van der Waals surface area contributed by atoms with Crippen molar-refractivity contribution < 1.29 is 14.9 Å². The molecule has 1 fully saturated rings. The minimum Gasteiger partial charge on any atom is -0.411 e. The third-order valence-corrected chi connectivity index (χ3v) is 3.70. The zero-order valence-electron chi connectivity index (χ0n) is 11.9. The molecule has 112 valence electrons. The molecule has 7 nitrogen and oxygen atoms in total. The maximum absolute atomic E-state index is 12.5. The molecule has 1 saturated heterocycles. The molecular weight excluding hydrogens is 274 g/mol. The van der Waals surface area contributed by atoms with Crippen molar-refractivity contribution >= 4 is 17.3 Å². The summed E-state index contributed by atoms with van der Waals surface area (Å²) in [6.45, 7) is 4.44. The van der Waals surface area contributed by atoms with Gasteiger partial charge in [0, 0.05) is 31.5 Å². The molecule has 7 heteroatoms. The van der Waals surface area contributed by atoms with Gasteiger partial charge < -0.3 is 10.1 Å². The van der Waals surface area contributed by atoms with Crippen molar-refractivity contribution in [2.75, 3.05) is 13.1 Å². The number of likely N-dealkylation sites (tertiary alicyclic amines) is 1. The Morgan fingerprint density at radius 1 is 1.52 bits per heavy atom. The normalized spacial score (nSPS) is 20.6. The van der Waals surface area contributed by atoms with Gasteiger partial charge in [0.1, 0.15) is 5.56 Å². The number of aryl methyl sites for hydroxylation is 1. The number of nitro groups is 1. The summed E-state index contributed by atoms with van der Waals surface area (Å²) in [6, 6.07) is 4.52. The molecule has 21 heavy (non-hydrogen) atoms. The molecule has 1 heterocycles. The minimum absolute atomic E-state index is 0.0587. The van der Waals surface area contributed by atoms with E-state index in [9.17, 15) is 14.9 Å². The number of piperidine rings is 1. The Kier molecular flexibility index (Phi) is 4.21. The van der Waals surface area contributed by atoms with Gasteiger partial charge in [-0.15, -0.1) is 0 Å². The van der Waals surface area contributed by atoms with E-state index in [0.717, 1.165) is 5.56 Å². The first kappa shape index (κ1) is 15.0. The molecule has 0 spiro atoms. The van der Waals surface area contributed by atoms with Crippen LogP contribution in [0, 0.1) is 23.0 Å². The topological polar surface area (TPSA) is 96.0 Å². The number of hydrogen-bond donors (Lipinski definition) is 1. The van der Waals surface area contributed by atoms with E-state index >= 15 is 0 Å². The molecule has 1 unspecified atom stereocenters. The van der Waals surface area contributed by atoms with E-state index in [1.54, 1.807) is 24.0 Å². The lowest BCUT2D eigenvalue weighted by molar-refractivity contribution is -0.385. The Hall–Kier alpha value is -2.44. The summed E-state index contributed by atoms with van der Waals surface area (Å²) in [7, 11) is 0. The maximum atomic E-state index is 12.5. The molecule has 1 aliphatic heterocycles. The fraction of sp³-hybridized carbons (Fsp3) is 0.429. The number of nitrogens with zero attached hydrogens (tertiary/aromatic N) is 3. The molecule has 1 atom stereocenters. The molecule has 1 aromatic rings. The number of carbonyl (C=O) groups excluding carboxylic acids is 1. The van der Waals surface area contributed by atoms with Crippen LogP contribution in [0.25, 0.3) is 0 Å². The minimum atomic E-state index is -0.541. The fourth-order valence-corrected chi connectivity index (χ4v) is 2.51. The molecule has 0 bridgehead atoms. The standard InChI is InChI=1S/C14H17N3O4/c1-9-3-4-13(17(20)21)11(7-9)14(18)16-6-5-12(15-19)10(2)8-16/h3-4,7,10,19H,5-6,8H2,1-2H3/b15-12+. The van der Waals surface area contributed by atoms with Gasteiger partial charge in [0.2, 0.25) is 0 Å². The largest absolute Gasteiger partial charge is 0.411 e. The van der Waals surface area contributed by atoms with E-state index in [1.807, 2.05) is 6.92 Å². The van der Waals surface area contributed by atoms with Gasteiger partial charge >= 0.3 is 0 Å². The number of carbonyl (C=O) groups is 1. The fourth-order valence-electron chi connectivity index (χ4n) is 2.51. The van der Waals surface area contributed by atoms with E-state index in [-0.39, 0.29) is 23.1 Å². The average Bonchev–Trinajstić information content (AvgIpc) is 2.45. The summed E-state index contributed by atoms with van der Waals surface area (Å²) in [5.41, 5.74) is 1.38. The number of rotatable bonds is 2. The van der Waals surface area contributed by atoms with Gasteiger partial charge in [-0.25, -0.2) is 0 Å². The van der Waals surface area contributed by atoms with Crippen molar-refractivity contribution in [1.82, 2.24) is 4.90 Å². The van der Waals surface area contributed by atoms with E-state index in [0.29, 0.717) is 25.2 Å². The van der Waals surface area contributed by atoms with Crippen molar-refractivity contribution in [1.29, 1.82) is 0 Å². The highest BCUT2D eigenvalue weighted by Gasteiger charge is 2.30. The van der Waals surface area contributed by atoms with Crippen LogP contribution >= 0.6 is 0 Å². The highest BCUT2D eigenvalue weighted by molar-refractivity contribution is 5.99. The Labute approximate surface area is 122 Å². The Morgan fingerprint density at radius 2 is 2.24 bits per heavy atom. The van der Waals surface area contributed by atoms with Crippen LogP contribution in [0.3, 0.4) is 0 Å². The summed E-state index contributed by atoms with van der Waals surface area (Å²) < 4.78 is 0. The summed E-state index contributed by atoms with van der Waals surface area (Å²) in [6.07, 6.45) is 0.475. The molecule has 2 rings (SSSR count). The first-order valence-electron chi connectivity index (χ1n) is 6.69. The monoisotopic (exact) mass is 291 g/mol. The predicted octanol–water partition coefficient (Wildman–Crippen LogP) is 2.22. The zero-order chi connectivity index (χ0) is 15.6. The highest BCUT2D eigenvalue weighted by atomic mass is 16.6. The second-order valence-electron chi connectivity index (χ2n) is 5.27. The lowest BCUT2D eigenvalue weighted by Crippen LogP contribution is -2.43. The van der Waals surface area contributed by atoms with Crippen LogP contribution in [0.5, 0.6) is 0 Å². The van der Waals surface area contributed by atoms with Gasteiger partial charge in [-0.1, -0.05) is 18.1 Å². The van der Waals surface area contributed by atoms with Gasteiger partial charge in [-0.3, -0.25) is 14.9 Å². The van der Waals surface area contributed by atoms with Crippen molar-refractivity contribution in [3.8, 4) is 0 Å². The zero-order valence-corrected chi connectivity index (χ0v) is 11.9. The van der Waals surface area contributed by atoms with E-state index in [4.69, 9.17) is 5.21 Å². The quantitative estimate of drug-likeness (QED) is 0.513. The van der Waals surface area contributed by atoms with Crippen LogP contribution in [0.1, 0.15) is 29.3 Å². The number of hydrogen-bond acceptors (Lipinski definition) is 5. The molecule has 0 aliphatic carbocycles. The average molecular weight is 291 g/mol. The van der Waals surface area contributed by atoms with Crippen molar-refractivity contribution in [2.45, 2.75) is 20.3 Å². The lowest BCUT2D eigenvalue weighted by Gasteiger charge is -2.31. The molecule has 1 aromatic carbocycles. The van der Waals surface area contributed by atoms with Crippen molar-refractivity contribution in [3.63, 3.8) is 0 Å². The Balaban J connectivity index is 2.29. The Morgan fingerprint density at radius 3 is 2.81 bits per heavy atom. The molecule has 1 amide bonds. The number of nitro benzene ring substituents is 1. The summed E-state index contributed by atoms with van der Waals surface area (Å²) in [5.74, 6) is -0.411. The molecular formula is C14H17N3O4. The Bertz CT molecular complexity index is 612. The van der Waals surface area contributed by atoms with Crippen molar-refractivity contribution in [2.24, 2.45) is 11.1 Å². The lowest BCUT2D eigenvalue weighted by atomic mass is 9.96. The van der Waals surface area contributed by atoms with Crippen LogP contribution < -0.4 is 0 Å². The molecule has 1 aliphatic rings. The third-order valence-electron chi connectivity index (χ3n) is 3.70. The summed E-state index contributed by atoms with van der Waals surface area (Å²) in [4.78, 5) is 24.6. The van der Waals surface area contributed by atoms with Crippen LogP contribution in [-0.4, -0.2) is 39.7 Å². The smallest absolute Gasteiger partial charge is 0.282 e. The predicted molar refractivity (Wildman–Crippen MR) is 76.7 cm³/mol. The summed E-state index contributed by atoms with van der Waals surface area (Å²) in [5, 5.41) is 23.1.